The molecular weight excluding hydrogens is 332 g/mol. The van der Waals surface area contributed by atoms with Crippen molar-refractivity contribution < 1.29 is 14.2 Å². The van der Waals surface area contributed by atoms with Crippen LogP contribution in [-0.2, 0) is 4.74 Å². The lowest BCUT2D eigenvalue weighted by molar-refractivity contribution is -0.00251. The first-order valence-corrected chi connectivity index (χ1v) is 9.07. The highest BCUT2D eigenvalue weighted by Crippen LogP contribution is 2.30. The summed E-state index contributed by atoms with van der Waals surface area (Å²) in [5.41, 5.74) is 0.936. The Morgan fingerprint density at radius 1 is 1.19 bits per heavy atom. The summed E-state index contributed by atoms with van der Waals surface area (Å²) in [5.74, 6) is 2.14. The third kappa shape index (κ3) is 5.02. The molecule has 1 aliphatic heterocycles. The van der Waals surface area contributed by atoms with Crippen LogP contribution in [0.2, 0.25) is 0 Å². The molecule has 0 aromatic heterocycles. The highest BCUT2D eigenvalue weighted by atomic mass is 16.5. The molecule has 2 rings (SSSR count). The van der Waals surface area contributed by atoms with Gasteiger partial charge in [0.15, 0.2) is 17.5 Å². The van der Waals surface area contributed by atoms with Gasteiger partial charge in [-0.1, -0.05) is 0 Å². The summed E-state index contributed by atoms with van der Waals surface area (Å²) in [4.78, 5) is 7.13. The van der Waals surface area contributed by atoms with Gasteiger partial charge in [-0.15, -0.1) is 0 Å². The third-order valence-electron chi connectivity index (χ3n) is 4.89. The summed E-state index contributed by atoms with van der Waals surface area (Å²) < 4.78 is 16.2. The second-order valence-electron chi connectivity index (χ2n) is 6.62. The minimum Gasteiger partial charge on any atom is -0.493 e. The van der Waals surface area contributed by atoms with Crippen molar-refractivity contribution in [1.29, 1.82) is 0 Å². The van der Waals surface area contributed by atoms with E-state index >= 15 is 0 Å². The SMILES string of the molecule is CCNC(=NCC1(N(C)C)CCOCC1)Nc1ccc(OC)c(OC)c1. The van der Waals surface area contributed by atoms with Crippen LogP contribution in [0.3, 0.4) is 0 Å². The van der Waals surface area contributed by atoms with Gasteiger partial charge in [0.1, 0.15) is 0 Å². The van der Waals surface area contributed by atoms with Gasteiger partial charge in [0, 0.05) is 37.1 Å². The van der Waals surface area contributed by atoms with E-state index in [1.807, 2.05) is 18.2 Å². The van der Waals surface area contributed by atoms with Gasteiger partial charge in [-0.25, -0.2) is 0 Å². The summed E-state index contributed by atoms with van der Waals surface area (Å²) in [7, 11) is 7.50. The molecule has 0 saturated carbocycles. The van der Waals surface area contributed by atoms with Gasteiger partial charge in [-0.05, 0) is 46.0 Å². The van der Waals surface area contributed by atoms with E-state index < -0.39 is 0 Å². The lowest BCUT2D eigenvalue weighted by Crippen LogP contribution is -2.51. The van der Waals surface area contributed by atoms with E-state index in [4.69, 9.17) is 19.2 Å². The van der Waals surface area contributed by atoms with Crippen LogP contribution in [0.1, 0.15) is 19.8 Å². The molecule has 1 aliphatic rings. The predicted octanol–water partition coefficient (Wildman–Crippen LogP) is 2.19. The van der Waals surface area contributed by atoms with E-state index in [1.54, 1.807) is 14.2 Å². The predicted molar refractivity (Wildman–Crippen MR) is 106 cm³/mol. The number of likely N-dealkylation sites (N-methyl/N-ethyl adjacent to an activating group) is 1. The van der Waals surface area contributed by atoms with Crippen LogP contribution in [0, 0.1) is 0 Å². The lowest BCUT2D eigenvalue weighted by atomic mass is 9.89. The Morgan fingerprint density at radius 3 is 2.46 bits per heavy atom. The monoisotopic (exact) mass is 364 g/mol. The molecule has 0 atom stereocenters. The molecule has 7 nitrogen and oxygen atoms in total. The molecule has 146 valence electrons. The molecule has 1 saturated heterocycles. The summed E-state index contributed by atoms with van der Waals surface area (Å²) in [6.45, 7) is 5.13. The van der Waals surface area contributed by atoms with Crippen molar-refractivity contribution in [3.63, 3.8) is 0 Å². The van der Waals surface area contributed by atoms with E-state index in [1.165, 1.54) is 0 Å². The number of benzene rings is 1. The van der Waals surface area contributed by atoms with Crippen molar-refractivity contribution in [1.82, 2.24) is 10.2 Å². The van der Waals surface area contributed by atoms with Gasteiger partial charge in [0.25, 0.3) is 0 Å². The van der Waals surface area contributed by atoms with Gasteiger partial charge >= 0.3 is 0 Å². The Kier molecular flexibility index (Phi) is 7.53. The van der Waals surface area contributed by atoms with Gasteiger partial charge in [0.2, 0.25) is 0 Å². The molecule has 7 heteroatoms. The van der Waals surface area contributed by atoms with E-state index in [2.05, 4.69) is 36.6 Å². The zero-order valence-corrected chi connectivity index (χ0v) is 16.6. The van der Waals surface area contributed by atoms with Crippen LogP contribution < -0.4 is 20.1 Å². The Bertz CT molecular complexity index is 598. The molecular formula is C19H32N4O3. The highest BCUT2D eigenvalue weighted by molar-refractivity contribution is 5.94. The summed E-state index contributed by atoms with van der Waals surface area (Å²) in [6, 6.07) is 5.73. The fourth-order valence-corrected chi connectivity index (χ4v) is 3.08. The minimum atomic E-state index is 0.0399. The van der Waals surface area contributed by atoms with Crippen molar-refractivity contribution in [2.24, 2.45) is 4.99 Å². The number of aliphatic imine (C=N–C) groups is 1. The Balaban J connectivity index is 2.15. The van der Waals surface area contributed by atoms with Gasteiger partial charge in [-0.3, -0.25) is 4.99 Å². The molecule has 1 fully saturated rings. The van der Waals surface area contributed by atoms with Gasteiger partial charge in [-0.2, -0.15) is 0 Å². The maximum absolute atomic E-state index is 5.54. The molecule has 0 bridgehead atoms. The zero-order valence-electron chi connectivity index (χ0n) is 16.6. The molecule has 26 heavy (non-hydrogen) atoms. The standard InChI is InChI=1S/C19H32N4O3/c1-6-20-18(21-14-19(23(2)3)9-11-26-12-10-19)22-15-7-8-16(24-4)17(13-15)25-5/h7-8,13H,6,9-12,14H2,1-5H3,(H2,20,21,22). The average molecular weight is 364 g/mol. The molecule has 1 aromatic rings. The van der Waals surface area contributed by atoms with Crippen molar-refractivity contribution in [3.05, 3.63) is 18.2 Å². The maximum atomic E-state index is 5.54. The second-order valence-corrected chi connectivity index (χ2v) is 6.62. The molecule has 0 aliphatic carbocycles. The first-order valence-electron chi connectivity index (χ1n) is 9.07. The second kappa shape index (κ2) is 9.64. The molecule has 1 heterocycles. The average Bonchev–Trinajstić information content (AvgIpc) is 2.66. The fraction of sp³-hybridized carbons (Fsp3) is 0.632. The first kappa shape index (κ1) is 20.3. The van der Waals surface area contributed by atoms with Crippen molar-refractivity contribution in [2.45, 2.75) is 25.3 Å². The van der Waals surface area contributed by atoms with Crippen LogP contribution >= 0.6 is 0 Å². The van der Waals surface area contributed by atoms with Crippen molar-refractivity contribution in [2.75, 3.05) is 59.9 Å². The molecule has 0 spiro atoms. The van der Waals surface area contributed by atoms with E-state index in [-0.39, 0.29) is 5.54 Å². The minimum absolute atomic E-state index is 0.0399. The topological polar surface area (TPSA) is 67.4 Å². The third-order valence-corrected chi connectivity index (χ3v) is 4.89. The summed E-state index contributed by atoms with van der Waals surface area (Å²) in [6.07, 6.45) is 1.97. The van der Waals surface area contributed by atoms with E-state index in [0.29, 0.717) is 18.0 Å². The number of methoxy groups -OCH3 is 2. The number of hydrogen-bond acceptors (Lipinski definition) is 5. The van der Waals surface area contributed by atoms with Crippen LogP contribution in [-0.4, -0.2) is 71.0 Å². The van der Waals surface area contributed by atoms with Gasteiger partial charge in [0.05, 0.1) is 20.8 Å². The smallest absolute Gasteiger partial charge is 0.195 e. The number of nitrogens with zero attached hydrogens (tertiary/aromatic N) is 2. The summed E-state index contributed by atoms with van der Waals surface area (Å²) >= 11 is 0. The number of ether oxygens (including phenoxy) is 3. The highest BCUT2D eigenvalue weighted by Gasteiger charge is 2.34. The van der Waals surface area contributed by atoms with Crippen molar-refractivity contribution >= 4 is 11.6 Å². The largest absolute Gasteiger partial charge is 0.493 e. The Morgan fingerprint density at radius 2 is 1.88 bits per heavy atom. The van der Waals surface area contributed by atoms with E-state index in [0.717, 1.165) is 44.2 Å². The Hall–Kier alpha value is -1.99. The number of nitrogens with one attached hydrogen (secondary N) is 2. The lowest BCUT2D eigenvalue weighted by Gasteiger charge is -2.41. The molecule has 0 unspecified atom stereocenters. The molecule has 2 N–H and O–H groups in total. The van der Waals surface area contributed by atoms with Crippen LogP contribution in [0.25, 0.3) is 0 Å². The maximum Gasteiger partial charge on any atom is 0.195 e. The molecule has 0 radical (unpaired) electrons. The number of guanidine groups is 1. The Labute approximate surface area is 156 Å². The van der Waals surface area contributed by atoms with Crippen molar-refractivity contribution in [3.8, 4) is 11.5 Å². The molecule has 1 aromatic carbocycles. The summed E-state index contributed by atoms with van der Waals surface area (Å²) in [5, 5.41) is 6.67. The van der Waals surface area contributed by atoms with Gasteiger partial charge < -0.3 is 29.7 Å². The first-order chi connectivity index (χ1) is 12.5. The normalized spacial score (nSPS) is 17.1. The number of rotatable bonds is 7. The van der Waals surface area contributed by atoms with E-state index in [9.17, 15) is 0 Å². The quantitative estimate of drug-likeness (QED) is 0.571. The van der Waals surface area contributed by atoms with Crippen LogP contribution in [0.4, 0.5) is 5.69 Å². The van der Waals surface area contributed by atoms with Crippen LogP contribution in [0.15, 0.2) is 23.2 Å². The van der Waals surface area contributed by atoms with Crippen LogP contribution in [0.5, 0.6) is 11.5 Å². The fourth-order valence-electron chi connectivity index (χ4n) is 3.08. The number of anilines is 1. The number of hydrogen-bond donors (Lipinski definition) is 2. The molecule has 0 amide bonds. The zero-order chi connectivity index (χ0) is 19.0.